The summed E-state index contributed by atoms with van der Waals surface area (Å²) in [4.78, 5) is 12.2. The molecule has 4 heteroatoms. The van der Waals surface area contributed by atoms with E-state index in [0.29, 0.717) is 11.5 Å². The molecule has 1 saturated carbocycles. The van der Waals surface area contributed by atoms with Gasteiger partial charge in [0.05, 0.1) is 5.56 Å². The van der Waals surface area contributed by atoms with Gasteiger partial charge in [0.1, 0.15) is 17.4 Å². The molecule has 25 heavy (non-hydrogen) atoms. The number of esters is 1. The molecule has 1 aliphatic rings. The van der Waals surface area contributed by atoms with Gasteiger partial charge in [0.2, 0.25) is 0 Å². The smallest absolute Gasteiger partial charge is 0.346 e. The second kappa shape index (κ2) is 7.34. The van der Waals surface area contributed by atoms with Crippen LogP contribution in [0.4, 0.5) is 8.78 Å². The van der Waals surface area contributed by atoms with Gasteiger partial charge in [-0.2, -0.15) is 0 Å². The van der Waals surface area contributed by atoms with Gasteiger partial charge in [-0.1, -0.05) is 31.9 Å². The predicted molar refractivity (Wildman–Crippen MR) is 92.9 cm³/mol. The van der Waals surface area contributed by atoms with E-state index in [1.807, 2.05) is 0 Å². The fourth-order valence-corrected chi connectivity index (χ4v) is 3.34. The van der Waals surface area contributed by atoms with Crippen molar-refractivity contribution in [1.29, 1.82) is 0 Å². The molecule has 0 N–H and O–H groups in total. The van der Waals surface area contributed by atoms with Crippen LogP contribution in [0.5, 0.6) is 5.75 Å². The summed E-state index contributed by atoms with van der Waals surface area (Å²) >= 11 is 0. The number of halogens is 2. The molecule has 0 unspecified atom stereocenters. The first-order valence-electron chi connectivity index (χ1n) is 8.72. The van der Waals surface area contributed by atoms with E-state index in [2.05, 4.69) is 6.92 Å². The Morgan fingerprint density at radius 1 is 1.00 bits per heavy atom. The third-order valence-corrected chi connectivity index (χ3v) is 5.05. The number of carbonyl (C=O) groups is 1. The number of ether oxygens (including phenoxy) is 1. The topological polar surface area (TPSA) is 26.3 Å². The molecule has 132 valence electrons. The summed E-state index contributed by atoms with van der Waals surface area (Å²) in [7, 11) is 0. The number of hydrogen-bond acceptors (Lipinski definition) is 2. The van der Waals surface area contributed by atoms with Crippen molar-refractivity contribution < 1.29 is 18.3 Å². The first kappa shape index (κ1) is 17.6. The van der Waals surface area contributed by atoms with E-state index < -0.39 is 17.6 Å². The lowest BCUT2D eigenvalue weighted by atomic mass is 9.79. The molecule has 0 radical (unpaired) electrons. The molecule has 0 aromatic heterocycles. The lowest BCUT2D eigenvalue weighted by molar-refractivity contribution is 0.0729. The second-order valence-corrected chi connectivity index (χ2v) is 7.00. The first-order chi connectivity index (χ1) is 11.9. The number of hydrogen-bond donors (Lipinski definition) is 0. The molecular formula is C21H22F2O2. The standard InChI is InChI=1S/C21H22F2O2/c1-13-3-6-15(7-4-13)16-8-10-18(20(23)11-16)21(24)25-17-9-5-14(2)19(22)12-17/h5,8-13,15H,3-4,6-7H2,1-2H3. The molecule has 0 amide bonds. The van der Waals surface area contributed by atoms with Crippen LogP contribution in [0.25, 0.3) is 0 Å². The lowest BCUT2D eigenvalue weighted by Gasteiger charge is -2.26. The Balaban J connectivity index is 1.73. The minimum absolute atomic E-state index is 0.0674. The van der Waals surface area contributed by atoms with E-state index in [0.717, 1.165) is 43.2 Å². The van der Waals surface area contributed by atoms with Crippen LogP contribution in [0.3, 0.4) is 0 Å². The highest BCUT2D eigenvalue weighted by Gasteiger charge is 2.22. The summed E-state index contributed by atoms with van der Waals surface area (Å²) in [6, 6.07) is 8.84. The predicted octanol–water partition coefficient (Wildman–Crippen LogP) is 5.79. The highest BCUT2D eigenvalue weighted by atomic mass is 19.1. The summed E-state index contributed by atoms with van der Waals surface area (Å²) in [5.41, 5.74) is 1.26. The molecule has 2 nitrogen and oxygen atoms in total. The van der Waals surface area contributed by atoms with Crippen molar-refractivity contribution in [2.24, 2.45) is 5.92 Å². The average molecular weight is 344 g/mol. The van der Waals surface area contributed by atoms with Gasteiger partial charge in [0.15, 0.2) is 0 Å². The molecule has 0 aliphatic heterocycles. The van der Waals surface area contributed by atoms with Crippen molar-refractivity contribution >= 4 is 5.97 Å². The maximum absolute atomic E-state index is 14.4. The van der Waals surface area contributed by atoms with Gasteiger partial charge >= 0.3 is 5.97 Å². The summed E-state index contributed by atoms with van der Waals surface area (Å²) in [5, 5.41) is 0. The van der Waals surface area contributed by atoms with Gasteiger partial charge in [-0.25, -0.2) is 13.6 Å². The summed E-state index contributed by atoms with van der Waals surface area (Å²) in [5.74, 6) is -0.726. The third-order valence-electron chi connectivity index (χ3n) is 5.05. The van der Waals surface area contributed by atoms with Gasteiger partial charge in [-0.15, -0.1) is 0 Å². The van der Waals surface area contributed by atoms with E-state index in [-0.39, 0.29) is 11.3 Å². The van der Waals surface area contributed by atoms with Crippen molar-refractivity contribution in [3.8, 4) is 5.75 Å². The van der Waals surface area contributed by atoms with Crippen LogP contribution in [0, 0.1) is 24.5 Å². The summed E-state index contributed by atoms with van der Waals surface area (Å²) < 4.78 is 33.0. The monoisotopic (exact) mass is 344 g/mol. The quantitative estimate of drug-likeness (QED) is 0.521. The Hall–Kier alpha value is -2.23. The molecule has 2 aromatic rings. The van der Waals surface area contributed by atoms with Gasteiger partial charge in [0.25, 0.3) is 0 Å². The Morgan fingerprint density at radius 2 is 1.72 bits per heavy atom. The van der Waals surface area contributed by atoms with Gasteiger partial charge < -0.3 is 4.74 Å². The number of rotatable bonds is 3. The first-order valence-corrected chi connectivity index (χ1v) is 8.72. The molecule has 0 atom stereocenters. The third kappa shape index (κ3) is 4.06. The minimum Gasteiger partial charge on any atom is -0.423 e. The Morgan fingerprint density at radius 3 is 2.36 bits per heavy atom. The number of aryl methyl sites for hydroxylation is 1. The van der Waals surface area contributed by atoms with Crippen LogP contribution < -0.4 is 4.74 Å². The summed E-state index contributed by atoms with van der Waals surface area (Å²) in [6.45, 7) is 3.86. The van der Waals surface area contributed by atoms with Gasteiger partial charge in [0, 0.05) is 6.07 Å². The molecule has 0 heterocycles. The highest BCUT2D eigenvalue weighted by Crippen LogP contribution is 2.36. The van der Waals surface area contributed by atoms with Crippen LogP contribution in [0.1, 0.15) is 60.0 Å². The van der Waals surface area contributed by atoms with E-state index >= 15 is 0 Å². The lowest BCUT2D eigenvalue weighted by Crippen LogP contribution is -2.14. The van der Waals surface area contributed by atoms with Crippen molar-refractivity contribution in [3.05, 3.63) is 64.7 Å². The van der Waals surface area contributed by atoms with Gasteiger partial charge in [-0.05, 0) is 60.9 Å². The molecule has 0 bridgehead atoms. The zero-order valence-electron chi connectivity index (χ0n) is 14.5. The molecule has 1 aliphatic carbocycles. The molecular weight excluding hydrogens is 322 g/mol. The van der Waals surface area contributed by atoms with Gasteiger partial charge in [-0.3, -0.25) is 0 Å². The molecule has 2 aromatic carbocycles. The zero-order valence-corrected chi connectivity index (χ0v) is 14.5. The second-order valence-electron chi connectivity index (χ2n) is 7.00. The van der Waals surface area contributed by atoms with Crippen LogP contribution in [-0.2, 0) is 0 Å². The molecule has 3 rings (SSSR count). The number of benzene rings is 2. The van der Waals surface area contributed by atoms with Crippen LogP contribution >= 0.6 is 0 Å². The van der Waals surface area contributed by atoms with Crippen molar-refractivity contribution in [3.63, 3.8) is 0 Å². The maximum Gasteiger partial charge on any atom is 0.346 e. The molecule has 0 saturated heterocycles. The van der Waals surface area contributed by atoms with E-state index in [1.54, 1.807) is 13.0 Å². The zero-order chi connectivity index (χ0) is 18.0. The molecule has 0 spiro atoms. The number of carbonyl (C=O) groups excluding carboxylic acids is 1. The average Bonchev–Trinajstić information content (AvgIpc) is 2.58. The Kier molecular flexibility index (Phi) is 5.16. The SMILES string of the molecule is Cc1ccc(OC(=O)c2ccc(C3CCC(C)CC3)cc2F)cc1F. The maximum atomic E-state index is 14.4. The largest absolute Gasteiger partial charge is 0.423 e. The van der Waals surface area contributed by atoms with E-state index in [1.165, 1.54) is 24.3 Å². The van der Waals surface area contributed by atoms with Crippen LogP contribution in [-0.4, -0.2) is 5.97 Å². The minimum atomic E-state index is -0.815. The van der Waals surface area contributed by atoms with Crippen molar-refractivity contribution in [1.82, 2.24) is 0 Å². The van der Waals surface area contributed by atoms with Crippen LogP contribution in [0.2, 0.25) is 0 Å². The Labute approximate surface area is 146 Å². The van der Waals surface area contributed by atoms with E-state index in [4.69, 9.17) is 4.74 Å². The normalized spacial score (nSPS) is 20.3. The Bertz CT molecular complexity index is 777. The summed E-state index contributed by atoms with van der Waals surface area (Å²) in [6.07, 6.45) is 4.39. The van der Waals surface area contributed by atoms with E-state index in [9.17, 15) is 13.6 Å². The van der Waals surface area contributed by atoms with Crippen LogP contribution in [0.15, 0.2) is 36.4 Å². The highest BCUT2D eigenvalue weighted by molar-refractivity contribution is 5.91. The van der Waals surface area contributed by atoms with Crippen molar-refractivity contribution in [2.45, 2.75) is 45.4 Å². The van der Waals surface area contributed by atoms with Crippen molar-refractivity contribution in [2.75, 3.05) is 0 Å². The fourth-order valence-electron chi connectivity index (χ4n) is 3.34. The fraction of sp³-hybridized carbons (Fsp3) is 0.381. The molecule has 1 fully saturated rings.